The maximum atomic E-state index is 15.0. The molecule has 0 fully saturated rings. The fraction of sp³-hybridized carbons (Fsp3) is 0.529. The maximum absolute atomic E-state index is 15.0. The fourth-order valence-electron chi connectivity index (χ4n) is 7.79. The van der Waals surface area contributed by atoms with Crippen LogP contribution in [0, 0.1) is 6.07 Å². The van der Waals surface area contributed by atoms with Crippen LogP contribution in [0.5, 0.6) is 17.2 Å². The van der Waals surface area contributed by atoms with Crippen molar-refractivity contribution >= 4 is 13.0 Å². The lowest BCUT2D eigenvalue weighted by molar-refractivity contribution is -0.834. The number of alkyl halides is 24. The van der Waals surface area contributed by atoms with Crippen LogP contribution < -0.4 is 18.9 Å². The first-order valence-electron chi connectivity index (χ1n) is 24.6. The Morgan fingerprint density at radius 2 is 0.625 bits per heavy atom. The molecule has 0 bridgehead atoms. The highest BCUT2D eigenvalue weighted by Gasteiger charge is 2.47. The zero-order chi connectivity index (χ0) is 60.7. The Hall–Kier alpha value is -5.38. The minimum Gasteiger partial charge on any atom is -0.490 e. The first kappa shape index (κ1) is 68.9. The van der Waals surface area contributed by atoms with Crippen molar-refractivity contribution in [3.63, 3.8) is 0 Å². The molecular weight excluding hydrogens is 1140 g/mol. The van der Waals surface area contributed by atoms with Crippen LogP contribution in [-0.2, 0) is 49.4 Å². The average Bonchev–Trinajstić information content (AvgIpc) is 3.31. The predicted octanol–water partition coefficient (Wildman–Crippen LogP) is 19.3. The fourth-order valence-corrected chi connectivity index (χ4v) is 7.79. The second-order valence-electron chi connectivity index (χ2n) is 18.2. The standard InChI is InChI=1S/C43H48BF18NO3.C8H3F6/c1-3-5-7-9-10-11-12-13-14-15-17-19-63(18-16-8-6-4-2)37-35(43(60,61)62)26-32(42(57,58)59)27-36(37)66-44(64-33-22-28(38(45,46)47)20-29(23-33)39(48,49)50)65-34-24-30(40(51,52)53)21-31(25-34)41(54,55)56;9-7(10,11)5-2-1-3-6(4-5)8(12,13)14/h20-27H,3-19H2,1-2H3;2-4H/q;-1/p+1. The van der Waals surface area contributed by atoms with E-state index in [-0.39, 0.29) is 73.3 Å². The highest BCUT2D eigenvalue weighted by atomic mass is 19.4. The van der Waals surface area contributed by atoms with E-state index in [9.17, 15) is 105 Å². The summed E-state index contributed by atoms with van der Waals surface area (Å²) in [5, 5.41) is 0. The minimum absolute atomic E-state index is 0.0165. The number of unbranched alkanes of at least 4 members (excludes halogenated alkanes) is 13. The number of benzene rings is 4. The van der Waals surface area contributed by atoms with Gasteiger partial charge < -0.3 is 14.0 Å². The van der Waals surface area contributed by atoms with Gasteiger partial charge in [0.2, 0.25) is 0 Å². The summed E-state index contributed by atoms with van der Waals surface area (Å²) in [7, 11) is -3.26. The molecule has 0 heterocycles. The van der Waals surface area contributed by atoms with Crippen LogP contribution in [0.1, 0.15) is 155 Å². The molecule has 4 nitrogen and oxygen atoms in total. The van der Waals surface area contributed by atoms with Crippen molar-refractivity contribution in [2.75, 3.05) is 13.1 Å². The van der Waals surface area contributed by atoms with Crippen LogP contribution >= 0.6 is 0 Å². The zero-order valence-corrected chi connectivity index (χ0v) is 42.2. The molecule has 4 rings (SSSR count). The van der Waals surface area contributed by atoms with Gasteiger partial charge in [0.25, 0.3) is 0 Å². The Morgan fingerprint density at radius 3 is 0.938 bits per heavy atom. The molecule has 0 aromatic heterocycles. The monoisotopic (exact) mass is 1190 g/mol. The molecule has 0 amide bonds. The van der Waals surface area contributed by atoms with E-state index in [1.54, 1.807) is 6.07 Å². The van der Waals surface area contributed by atoms with E-state index in [0.29, 0.717) is 44.2 Å². The molecular formula is C51H52BF24NO3. The number of quaternary nitrogens is 1. The van der Waals surface area contributed by atoms with Crippen molar-refractivity contribution in [1.82, 2.24) is 0 Å². The molecule has 450 valence electrons. The molecule has 4 aromatic rings. The van der Waals surface area contributed by atoms with Gasteiger partial charge in [0.1, 0.15) is 17.1 Å². The Kier molecular flexibility index (Phi) is 24.6. The van der Waals surface area contributed by atoms with E-state index in [1.807, 2.05) is 6.92 Å². The van der Waals surface area contributed by atoms with Crippen LogP contribution in [0.3, 0.4) is 0 Å². The van der Waals surface area contributed by atoms with Gasteiger partial charge >= 0.3 is 56.7 Å². The zero-order valence-electron chi connectivity index (χ0n) is 42.2. The van der Waals surface area contributed by atoms with E-state index in [0.717, 1.165) is 51.4 Å². The van der Waals surface area contributed by atoms with Crippen molar-refractivity contribution in [3.8, 4) is 17.2 Å². The van der Waals surface area contributed by atoms with Gasteiger partial charge in [-0.25, -0.2) is 0 Å². The third-order valence-electron chi connectivity index (χ3n) is 11.8. The second-order valence-corrected chi connectivity index (χ2v) is 18.2. The summed E-state index contributed by atoms with van der Waals surface area (Å²) in [5.74, 6) is -4.60. The summed E-state index contributed by atoms with van der Waals surface area (Å²) < 4.78 is 341. The van der Waals surface area contributed by atoms with Crippen LogP contribution in [0.25, 0.3) is 0 Å². The number of hydrogen-bond donors (Lipinski definition) is 1. The quantitative estimate of drug-likeness (QED) is 0.0328. The Balaban J connectivity index is 0.00000104. The highest BCUT2D eigenvalue weighted by molar-refractivity contribution is 6.39. The lowest BCUT2D eigenvalue weighted by Gasteiger charge is -2.27. The van der Waals surface area contributed by atoms with Gasteiger partial charge in [-0.3, -0.25) is 4.90 Å². The smallest absolute Gasteiger partial charge is 0.490 e. The normalized spacial score (nSPS) is 13.4. The topological polar surface area (TPSA) is 32.1 Å². The Labute approximate surface area is 443 Å². The van der Waals surface area contributed by atoms with Crippen LogP contribution in [0.15, 0.2) is 66.7 Å². The molecule has 1 unspecified atom stereocenters. The van der Waals surface area contributed by atoms with Crippen molar-refractivity contribution in [2.24, 2.45) is 0 Å². The van der Waals surface area contributed by atoms with E-state index in [2.05, 4.69) is 6.92 Å². The molecule has 0 spiro atoms. The van der Waals surface area contributed by atoms with E-state index >= 15 is 0 Å². The average molecular weight is 1190 g/mol. The van der Waals surface area contributed by atoms with Gasteiger partial charge in [-0.15, -0.1) is 6.07 Å². The molecule has 1 atom stereocenters. The van der Waals surface area contributed by atoms with Crippen LogP contribution in [-0.4, -0.2) is 20.4 Å². The highest BCUT2D eigenvalue weighted by Crippen LogP contribution is 2.45. The second kappa shape index (κ2) is 28.6. The summed E-state index contributed by atoms with van der Waals surface area (Å²) in [5.41, 5.74) is -16.1. The molecule has 0 saturated carbocycles. The lowest BCUT2D eigenvalue weighted by atomic mass is 10.0. The van der Waals surface area contributed by atoms with Crippen molar-refractivity contribution in [2.45, 2.75) is 160 Å². The van der Waals surface area contributed by atoms with Gasteiger partial charge in [0.15, 0.2) is 11.4 Å². The Bertz CT molecular complexity index is 2360. The van der Waals surface area contributed by atoms with E-state index in [1.165, 1.54) is 0 Å². The van der Waals surface area contributed by atoms with Gasteiger partial charge in [-0.05, 0) is 74.2 Å². The largest absolute Gasteiger partial charge is 0.864 e. The molecule has 0 aliphatic carbocycles. The lowest BCUT2D eigenvalue weighted by Crippen LogP contribution is -3.07. The third kappa shape index (κ3) is 22.9. The molecule has 80 heavy (non-hydrogen) atoms. The number of hydrogen-bond acceptors (Lipinski definition) is 3. The first-order chi connectivity index (χ1) is 36.7. The summed E-state index contributed by atoms with van der Waals surface area (Å²) in [6.45, 7) is 3.48. The van der Waals surface area contributed by atoms with E-state index < -0.39 is 136 Å². The molecule has 0 aliphatic heterocycles. The minimum atomic E-state index is -5.62. The SMILES string of the molecule is CCCCCCCCCCCCC[NH+](CCCCCC)c1c(OB(Oc2cc(C(F)(F)F)cc(C(F)(F)F)c2)Oc2cc(C(F)(F)F)cc(C(F)(F)F)c2)cc(C(F)(F)F)cc1C(F)(F)F.FC(F)(F)c1c[c-]cc(C(F)(F)F)c1. The number of halogens is 24. The van der Waals surface area contributed by atoms with Gasteiger partial charge in [-0.2, -0.15) is 124 Å². The number of rotatable bonds is 24. The van der Waals surface area contributed by atoms with Crippen LogP contribution in [0.4, 0.5) is 111 Å². The molecule has 0 saturated heterocycles. The van der Waals surface area contributed by atoms with Crippen molar-refractivity contribution in [3.05, 3.63) is 117 Å². The van der Waals surface area contributed by atoms with Crippen LogP contribution in [0.2, 0.25) is 0 Å². The van der Waals surface area contributed by atoms with Gasteiger partial charge in [-0.1, -0.05) is 95.6 Å². The molecule has 29 heteroatoms. The van der Waals surface area contributed by atoms with Crippen molar-refractivity contribution in [1.29, 1.82) is 0 Å². The molecule has 0 aliphatic rings. The number of nitrogens with one attached hydrogen (secondary N) is 1. The maximum Gasteiger partial charge on any atom is 0.864 e. The van der Waals surface area contributed by atoms with E-state index in [4.69, 9.17) is 14.0 Å². The first-order valence-corrected chi connectivity index (χ1v) is 24.6. The molecule has 0 radical (unpaired) electrons. The van der Waals surface area contributed by atoms with Gasteiger partial charge in [0, 0.05) is 0 Å². The van der Waals surface area contributed by atoms with Gasteiger partial charge in [0.05, 0.1) is 40.9 Å². The summed E-state index contributed by atoms with van der Waals surface area (Å²) in [6, 6.07) is 1.14. The molecule has 1 N–H and O–H groups in total. The summed E-state index contributed by atoms with van der Waals surface area (Å²) in [6.07, 6.45) is -32.1. The van der Waals surface area contributed by atoms with Crippen molar-refractivity contribution < 1.29 is 124 Å². The summed E-state index contributed by atoms with van der Waals surface area (Å²) >= 11 is 0. The predicted molar refractivity (Wildman–Crippen MR) is 243 cm³/mol. The summed E-state index contributed by atoms with van der Waals surface area (Å²) in [4.78, 5) is -0.159. The Morgan fingerprint density at radius 1 is 0.338 bits per heavy atom. The third-order valence-corrected chi connectivity index (χ3v) is 11.8. The molecule has 4 aromatic carbocycles.